The highest BCUT2D eigenvalue weighted by Crippen LogP contribution is 2.50. The van der Waals surface area contributed by atoms with Crippen molar-refractivity contribution in [2.24, 2.45) is 5.41 Å². The smallest absolute Gasteiger partial charge is 0.315 e. The van der Waals surface area contributed by atoms with Crippen LogP contribution < -0.4 is 9.47 Å². The standard InChI is InChI=1S/C19H24N4O4/c1-12(2)23-11-20-21-17(23)8-22-7-15-14-5-4-13(26-3)6-16(14)27-10-19(15,9-22)18(24)25/h4-6,11-12,15H,7-10H2,1-3H3,(H,24,25)/t15?,19-/m1/s1. The quantitative estimate of drug-likeness (QED) is 0.858. The first kappa shape index (κ1) is 17.8. The van der Waals surface area contributed by atoms with E-state index in [9.17, 15) is 9.90 Å². The minimum absolute atomic E-state index is 0.139. The van der Waals surface area contributed by atoms with E-state index in [1.807, 2.05) is 22.8 Å². The van der Waals surface area contributed by atoms with Crippen LogP contribution in [0.4, 0.5) is 0 Å². The molecule has 27 heavy (non-hydrogen) atoms. The molecule has 0 spiro atoms. The van der Waals surface area contributed by atoms with Crippen molar-refractivity contribution in [1.29, 1.82) is 0 Å². The molecule has 2 aliphatic rings. The number of carboxylic acid groups (broad SMARTS) is 1. The Balaban J connectivity index is 1.65. The summed E-state index contributed by atoms with van der Waals surface area (Å²) in [5, 5.41) is 18.3. The summed E-state index contributed by atoms with van der Waals surface area (Å²) in [6.07, 6.45) is 1.72. The number of benzene rings is 1. The monoisotopic (exact) mass is 372 g/mol. The Labute approximate surface area is 157 Å². The van der Waals surface area contributed by atoms with Gasteiger partial charge in [-0.2, -0.15) is 0 Å². The number of aromatic nitrogens is 3. The van der Waals surface area contributed by atoms with Crippen LogP contribution in [0.3, 0.4) is 0 Å². The lowest BCUT2D eigenvalue weighted by Gasteiger charge is -2.36. The molecule has 8 nitrogen and oxygen atoms in total. The van der Waals surface area contributed by atoms with E-state index >= 15 is 0 Å². The number of ether oxygens (including phenoxy) is 2. The van der Waals surface area contributed by atoms with Crippen LogP contribution in [0.5, 0.6) is 11.5 Å². The topological polar surface area (TPSA) is 89.7 Å². The highest BCUT2D eigenvalue weighted by Gasteiger charge is 2.56. The van der Waals surface area contributed by atoms with Crippen LogP contribution in [-0.2, 0) is 11.3 Å². The van der Waals surface area contributed by atoms with Gasteiger partial charge in [0.05, 0.1) is 13.7 Å². The van der Waals surface area contributed by atoms with Crippen molar-refractivity contribution in [2.45, 2.75) is 32.4 Å². The molecule has 0 bridgehead atoms. The fourth-order valence-electron chi connectivity index (χ4n) is 4.22. The maximum atomic E-state index is 12.2. The second-order valence-corrected chi connectivity index (χ2v) is 7.62. The number of carboxylic acids is 1. The number of likely N-dealkylation sites (tertiary alicyclic amines) is 1. The van der Waals surface area contributed by atoms with Gasteiger partial charge in [0.15, 0.2) is 0 Å². The predicted octanol–water partition coefficient (Wildman–Crippen LogP) is 1.93. The summed E-state index contributed by atoms with van der Waals surface area (Å²) in [6.45, 7) is 5.93. The van der Waals surface area contributed by atoms with Gasteiger partial charge < -0.3 is 19.1 Å². The van der Waals surface area contributed by atoms with E-state index in [-0.39, 0.29) is 18.6 Å². The average Bonchev–Trinajstić information content (AvgIpc) is 3.26. The summed E-state index contributed by atoms with van der Waals surface area (Å²) in [6, 6.07) is 5.87. The molecular weight excluding hydrogens is 348 g/mol. The van der Waals surface area contributed by atoms with Crippen LogP contribution in [0.2, 0.25) is 0 Å². The third kappa shape index (κ3) is 2.84. The van der Waals surface area contributed by atoms with E-state index in [0.29, 0.717) is 31.1 Å². The Kier molecular flexibility index (Phi) is 4.30. The summed E-state index contributed by atoms with van der Waals surface area (Å²) < 4.78 is 13.2. The molecule has 0 radical (unpaired) electrons. The number of fused-ring (bicyclic) bond motifs is 3. The molecule has 0 aliphatic carbocycles. The first-order chi connectivity index (χ1) is 12.9. The molecule has 2 aromatic rings. The van der Waals surface area contributed by atoms with Gasteiger partial charge in [-0.3, -0.25) is 9.69 Å². The molecule has 144 valence electrons. The van der Waals surface area contributed by atoms with Crippen LogP contribution in [0.1, 0.15) is 37.2 Å². The van der Waals surface area contributed by atoms with E-state index < -0.39 is 11.4 Å². The number of aliphatic carboxylic acids is 1. The number of carbonyl (C=O) groups is 1. The molecule has 0 amide bonds. The summed E-state index contributed by atoms with van der Waals surface area (Å²) in [5.41, 5.74) is -0.0261. The highest BCUT2D eigenvalue weighted by atomic mass is 16.5. The zero-order chi connectivity index (χ0) is 19.2. The molecule has 2 atom stereocenters. The predicted molar refractivity (Wildman–Crippen MR) is 97.0 cm³/mol. The van der Waals surface area contributed by atoms with Gasteiger partial charge in [0.1, 0.15) is 35.7 Å². The fraction of sp³-hybridized carbons (Fsp3) is 0.526. The number of rotatable bonds is 5. The van der Waals surface area contributed by atoms with E-state index in [0.717, 1.165) is 11.4 Å². The largest absolute Gasteiger partial charge is 0.497 e. The molecule has 0 saturated carbocycles. The summed E-state index contributed by atoms with van der Waals surface area (Å²) in [4.78, 5) is 14.4. The molecule has 2 aliphatic heterocycles. The van der Waals surface area contributed by atoms with Gasteiger partial charge in [-0.05, 0) is 19.9 Å². The second-order valence-electron chi connectivity index (χ2n) is 7.62. The first-order valence-electron chi connectivity index (χ1n) is 9.09. The van der Waals surface area contributed by atoms with Gasteiger partial charge in [-0.1, -0.05) is 6.07 Å². The van der Waals surface area contributed by atoms with Gasteiger partial charge in [-0.15, -0.1) is 10.2 Å². The Hall–Kier alpha value is -2.61. The molecule has 1 saturated heterocycles. The third-order valence-electron chi connectivity index (χ3n) is 5.69. The van der Waals surface area contributed by atoms with E-state index in [2.05, 4.69) is 28.9 Å². The van der Waals surface area contributed by atoms with Crippen LogP contribution in [0.15, 0.2) is 24.5 Å². The maximum Gasteiger partial charge on any atom is 0.315 e. The highest BCUT2D eigenvalue weighted by molar-refractivity contribution is 5.78. The lowest BCUT2D eigenvalue weighted by atomic mass is 9.73. The molecular formula is C19H24N4O4. The number of hydrogen-bond acceptors (Lipinski definition) is 6. The van der Waals surface area contributed by atoms with Gasteiger partial charge in [0.2, 0.25) is 0 Å². The first-order valence-corrected chi connectivity index (χ1v) is 9.09. The van der Waals surface area contributed by atoms with Crippen molar-refractivity contribution < 1.29 is 19.4 Å². The molecule has 1 fully saturated rings. The molecule has 1 aromatic heterocycles. The summed E-state index contributed by atoms with van der Waals surface area (Å²) in [7, 11) is 1.61. The second kappa shape index (κ2) is 6.53. The van der Waals surface area contributed by atoms with E-state index in [1.165, 1.54) is 0 Å². The van der Waals surface area contributed by atoms with Crippen molar-refractivity contribution in [2.75, 3.05) is 26.8 Å². The Morgan fingerprint density at radius 3 is 3.00 bits per heavy atom. The van der Waals surface area contributed by atoms with Crippen LogP contribution in [0, 0.1) is 5.41 Å². The van der Waals surface area contributed by atoms with Crippen LogP contribution >= 0.6 is 0 Å². The van der Waals surface area contributed by atoms with Crippen LogP contribution in [-0.4, -0.2) is 57.5 Å². The van der Waals surface area contributed by atoms with E-state index in [1.54, 1.807) is 13.4 Å². The van der Waals surface area contributed by atoms with Crippen molar-refractivity contribution in [3.8, 4) is 11.5 Å². The van der Waals surface area contributed by atoms with Gasteiger partial charge in [-0.25, -0.2) is 0 Å². The van der Waals surface area contributed by atoms with Gasteiger partial charge in [0.25, 0.3) is 0 Å². The molecule has 4 rings (SSSR count). The molecule has 3 heterocycles. The number of methoxy groups -OCH3 is 1. The van der Waals surface area contributed by atoms with Crippen molar-refractivity contribution in [1.82, 2.24) is 19.7 Å². The maximum absolute atomic E-state index is 12.2. The lowest BCUT2D eigenvalue weighted by Crippen LogP contribution is -2.45. The lowest BCUT2D eigenvalue weighted by molar-refractivity contribution is -0.151. The molecule has 1 unspecified atom stereocenters. The normalized spacial score (nSPS) is 24.4. The van der Waals surface area contributed by atoms with Gasteiger partial charge >= 0.3 is 5.97 Å². The number of nitrogens with zero attached hydrogens (tertiary/aromatic N) is 4. The third-order valence-corrected chi connectivity index (χ3v) is 5.69. The SMILES string of the molecule is COc1ccc2c(c1)OC[C@]1(C(=O)O)CN(Cc3nncn3C(C)C)CC21. The summed E-state index contributed by atoms with van der Waals surface area (Å²) in [5.74, 6) is 1.31. The Bertz CT molecular complexity index is 865. The van der Waals surface area contributed by atoms with Crippen LogP contribution in [0.25, 0.3) is 0 Å². The Morgan fingerprint density at radius 2 is 2.30 bits per heavy atom. The minimum atomic E-state index is -0.954. The van der Waals surface area contributed by atoms with E-state index in [4.69, 9.17) is 9.47 Å². The molecule has 1 aromatic carbocycles. The molecule has 8 heteroatoms. The van der Waals surface area contributed by atoms with Crippen molar-refractivity contribution in [3.05, 3.63) is 35.9 Å². The van der Waals surface area contributed by atoms with Crippen molar-refractivity contribution in [3.63, 3.8) is 0 Å². The zero-order valence-electron chi connectivity index (χ0n) is 15.8. The number of hydrogen-bond donors (Lipinski definition) is 1. The fourth-order valence-corrected chi connectivity index (χ4v) is 4.22. The minimum Gasteiger partial charge on any atom is -0.497 e. The molecule has 1 N–H and O–H groups in total. The zero-order valence-corrected chi connectivity index (χ0v) is 15.8. The Morgan fingerprint density at radius 1 is 1.48 bits per heavy atom. The summed E-state index contributed by atoms with van der Waals surface area (Å²) >= 11 is 0. The van der Waals surface area contributed by atoms with Crippen molar-refractivity contribution >= 4 is 5.97 Å². The average molecular weight is 372 g/mol. The van der Waals surface area contributed by atoms with Gasteiger partial charge in [0, 0.05) is 36.7 Å².